The molecule has 34 heavy (non-hydrogen) atoms. The van der Waals surface area contributed by atoms with Gasteiger partial charge in [-0.3, -0.25) is 4.79 Å². The van der Waals surface area contributed by atoms with Gasteiger partial charge in [0.05, 0.1) is 17.3 Å². The number of halogens is 1. The van der Waals surface area contributed by atoms with Gasteiger partial charge in [0.1, 0.15) is 11.4 Å². The summed E-state index contributed by atoms with van der Waals surface area (Å²) in [7, 11) is 0. The molecule has 0 bridgehead atoms. The van der Waals surface area contributed by atoms with Gasteiger partial charge >= 0.3 is 6.09 Å². The Morgan fingerprint density at radius 2 is 1.74 bits per heavy atom. The predicted octanol–water partition coefficient (Wildman–Crippen LogP) is 5.52. The second kappa shape index (κ2) is 7.80. The molecule has 5 rings (SSSR count). The molecule has 0 radical (unpaired) electrons. The highest BCUT2D eigenvalue weighted by atomic mass is 19.1. The van der Waals surface area contributed by atoms with Crippen molar-refractivity contribution in [1.29, 1.82) is 0 Å². The number of carbonyl (C=O) groups is 2. The molecule has 0 aromatic heterocycles. The van der Waals surface area contributed by atoms with Crippen LogP contribution >= 0.6 is 0 Å². The fourth-order valence-corrected chi connectivity index (χ4v) is 4.56. The van der Waals surface area contributed by atoms with E-state index < -0.39 is 34.9 Å². The Hall–Kier alpha value is -4.00. The highest BCUT2D eigenvalue weighted by Crippen LogP contribution is 2.55. The van der Waals surface area contributed by atoms with Gasteiger partial charge in [0.2, 0.25) is 0 Å². The van der Waals surface area contributed by atoms with E-state index in [1.165, 1.54) is 12.1 Å². The van der Waals surface area contributed by atoms with Crippen LogP contribution in [0.3, 0.4) is 0 Å². The van der Waals surface area contributed by atoms with E-state index >= 15 is 0 Å². The van der Waals surface area contributed by atoms with Crippen molar-refractivity contribution in [1.82, 2.24) is 0 Å². The average molecular weight is 458 g/mol. The fourth-order valence-electron chi connectivity index (χ4n) is 4.56. The van der Waals surface area contributed by atoms with Crippen molar-refractivity contribution in [3.05, 3.63) is 101 Å². The number of hydrogen-bond acceptors (Lipinski definition) is 5. The molecule has 3 aromatic carbocycles. The molecule has 2 aliphatic rings. The molecule has 2 atom stereocenters. The second-order valence-corrected chi connectivity index (χ2v) is 9.30. The summed E-state index contributed by atoms with van der Waals surface area (Å²) in [6.45, 7) is 5.18. The molecule has 2 heterocycles. The third kappa shape index (κ3) is 3.36. The van der Waals surface area contributed by atoms with Crippen LogP contribution in [0.2, 0.25) is 0 Å². The summed E-state index contributed by atoms with van der Waals surface area (Å²) in [5, 5.41) is 4.34. The number of ether oxygens (including phenoxy) is 1. The summed E-state index contributed by atoms with van der Waals surface area (Å²) in [5.41, 5.74) is 0.0328. The van der Waals surface area contributed by atoms with E-state index in [1.54, 1.807) is 57.2 Å². The Kier molecular flexibility index (Phi) is 5.01. The topological polar surface area (TPSA) is 68.2 Å². The number of amides is 2. The van der Waals surface area contributed by atoms with Gasteiger partial charge in [-0.15, -0.1) is 0 Å². The van der Waals surface area contributed by atoms with E-state index in [0.29, 0.717) is 22.5 Å². The molecule has 3 aromatic rings. The monoisotopic (exact) mass is 458 g/mol. The highest BCUT2D eigenvalue weighted by molar-refractivity contribution is 6.24. The summed E-state index contributed by atoms with van der Waals surface area (Å²) < 4.78 is 19.9. The van der Waals surface area contributed by atoms with Crippen molar-refractivity contribution in [3.63, 3.8) is 0 Å². The van der Waals surface area contributed by atoms with E-state index in [0.717, 1.165) is 10.5 Å². The molecule has 0 fully saturated rings. The first-order chi connectivity index (χ1) is 16.2. The van der Waals surface area contributed by atoms with Crippen LogP contribution in [0.1, 0.15) is 43.4 Å². The van der Waals surface area contributed by atoms with Gasteiger partial charge < -0.3 is 9.57 Å². The summed E-state index contributed by atoms with van der Waals surface area (Å²) in [5.74, 6) is -1.88. The van der Waals surface area contributed by atoms with E-state index in [9.17, 15) is 14.0 Å². The van der Waals surface area contributed by atoms with Crippen LogP contribution in [0, 0.1) is 5.82 Å². The largest absolute Gasteiger partial charge is 0.443 e. The molecule has 0 N–H and O–H groups in total. The van der Waals surface area contributed by atoms with Gasteiger partial charge in [0, 0.05) is 11.1 Å². The highest BCUT2D eigenvalue weighted by Gasteiger charge is 2.65. The van der Waals surface area contributed by atoms with Crippen molar-refractivity contribution in [3.8, 4) is 0 Å². The summed E-state index contributed by atoms with van der Waals surface area (Å²) >= 11 is 0. The smallest absolute Gasteiger partial charge is 0.421 e. The quantitative estimate of drug-likeness (QED) is 0.507. The lowest BCUT2D eigenvalue weighted by molar-refractivity contribution is -0.141. The maximum absolute atomic E-state index is 14.4. The van der Waals surface area contributed by atoms with E-state index in [1.807, 2.05) is 30.3 Å². The molecule has 0 saturated carbocycles. The van der Waals surface area contributed by atoms with Crippen molar-refractivity contribution < 1.29 is 23.6 Å². The number of benzene rings is 3. The van der Waals surface area contributed by atoms with Gasteiger partial charge in [0.15, 0.2) is 0 Å². The van der Waals surface area contributed by atoms with Crippen LogP contribution < -0.4 is 4.90 Å². The zero-order chi connectivity index (χ0) is 24.1. The molecule has 0 saturated heterocycles. The number of anilines is 1. The van der Waals surface area contributed by atoms with E-state index in [-0.39, 0.29) is 0 Å². The Morgan fingerprint density at radius 1 is 1.03 bits per heavy atom. The minimum absolute atomic E-state index is 0.354. The second-order valence-electron chi connectivity index (χ2n) is 9.30. The number of imide groups is 1. The maximum atomic E-state index is 14.4. The SMILES string of the molecule is CC(C)(C)OC(=O)N1C(=O)C2(ON=C(c3ccccc3)C2c2cccc(F)c2)c2ccccc21. The number of oxime groups is 1. The van der Waals surface area contributed by atoms with Crippen LogP contribution in [0.4, 0.5) is 14.9 Å². The molecule has 2 aliphatic heterocycles. The Balaban J connectivity index is 1.71. The summed E-state index contributed by atoms with van der Waals surface area (Å²) in [4.78, 5) is 34.2. The van der Waals surface area contributed by atoms with Crippen LogP contribution in [0.5, 0.6) is 0 Å². The number of fused-ring (bicyclic) bond motifs is 2. The first kappa shape index (κ1) is 21.8. The van der Waals surface area contributed by atoms with Crippen LogP contribution in [0.25, 0.3) is 0 Å². The molecule has 2 amide bonds. The van der Waals surface area contributed by atoms with Gasteiger partial charge in [-0.1, -0.05) is 65.8 Å². The molecular weight excluding hydrogens is 435 g/mol. The van der Waals surface area contributed by atoms with Gasteiger partial charge in [-0.2, -0.15) is 0 Å². The first-order valence-corrected chi connectivity index (χ1v) is 11.0. The zero-order valence-electron chi connectivity index (χ0n) is 19.0. The lowest BCUT2D eigenvalue weighted by Gasteiger charge is -2.29. The molecule has 1 spiro atoms. The Morgan fingerprint density at radius 3 is 2.44 bits per heavy atom. The van der Waals surface area contributed by atoms with E-state index in [2.05, 4.69) is 5.16 Å². The lowest BCUT2D eigenvalue weighted by Crippen LogP contribution is -2.48. The van der Waals surface area contributed by atoms with Crippen LogP contribution in [0.15, 0.2) is 84.0 Å². The maximum Gasteiger partial charge on any atom is 0.421 e. The summed E-state index contributed by atoms with van der Waals surface area (Å²) in [6, 6.07) is 22.2. The first-order valence-electron chi connectivity index (χ1n) is 11.0. The molecule has 2 unspecified atom stereocenters. The van der Waals surface area contributed by atoms with Gasteiger partial charge in [-0.05, 0) is 44.5 Å². The average Bonchev–Trinajstić information content (AvgIpc) is 3.31. The standard InChI is InChI=1S/C27H23FN2O4/c1-26(2,3)33-25(32)30-21-15-8-7-14-20(21)27(24(30)31)22(18-12-9-13-19(28)16-18)23(29-34-27)17-10-5-4-6-11-17/h4-16,22H,1-3H3. The minimum Gasteiger partial charge on any atom is -0.443 e. The number of rotatable bonds is 2. The molecule has 7 heteroatoms. The van der Waals surface area contributed by atoms with E-state index in [4.69, 9.17) is 9.57 Å². The Bertz CT molecular complexity index is 1320. The minimum atomic E-state index is -1.69. The zero-order valence-corrected chi connectivity index (χ0v) is 19.0. The third-order valence-electron chi connectivity index (χ3n) is 5.86. The predicted molar refractivity (Wildman–Crippen MR) is 125 cm³/mol. The van der Waals surface area contributed by atoms with Crippen LogP contribution in [-0.4, -0.2) is 23.3 Å². The number of carbonyl (C=O) groups excluding carboxylic acids is 2. The van der Waals surface area contributed by atoms with Crippen LogP contribution in [-0.2, 0) is 20.0 Å². The number of hydrogen-bond donors (Lipinski definition) is 0. The van der Waals surface area contributed by atoms with Crippen molar-refractivity contribution in [2.24, 2.45) is 5.16 Å². The van der Waals surface area contributed by atoms with Gasteiger partial charge in [-0.25, -0.2) is 14.1 Å². The fraction of sp³-hybridized carbons (Fsp3) is 0.222. The Labute approximate surface area is 196 Å². The summed E-state index contributed by atoms with van der Waals surface area (Å²) in [6.07, 6.45) is -0.809. The number of nitrogens with zero attached hydrogens (tertiary/aromatic N) is 2. The molecule has 6 nitrogen and oxygen atoms in total. The molecular formula is C27H23FN2O4. The lowest BCUT2D eigenvalue weighted by atomic mass is 9.74. The molecule has 172 valence electrons. The van der Waals surface area contributed by atoms with Crippen molar-refractivity contribution >= 4 is 23.4 Å². The normalized spacial score (nSPS) is 21.3. The van der Waals surface area contributed by atoms with Gasteiger partial charge in [0.25, 0.3) is 11.5 Å². The van der Waals surface area contributed by atoms with Crippen molar-refractivity contribution in [2.45, 2.75) is 37.9 Å². The number of para-hydroxylation sites is 1. The van der Waals surface area contributed by atoms with Crippen molar-refractivity contribution in [2.75, 3.05) is 4.90 Å². The third-order valence-corrected chi connectivity index (χ3v) is 5.86. The molecule has 0 aliphatic carbocycles.